The second kappa shape index (κ2) is 6.14. The van der Waals surface area contributed by atoms with Gasteiger partial charge < -0.3 is 5.32 Å². The van der Waals surface area contributed by atoms with E-state index >= 15 is 0 Å². The number of hydrogen-bond donors (Lipinski definition) is 1. The summed E-state index contributed by atoms with van der Waals surface area (Å²) in [6, 6.07) is 8.79. The van der Waals surface area contributed by atoms with Crippen LogP contribution in [0.2, 0.25) is 0 Å². The predicted molar refractivity (Wildman–Crippen MR) is 84.5 cm³/mol. The molecule has 1 aliphatic rings. The van der Waals surface area contributed by atoms with E-state index in [0.29, 0.717) is 0 Å². The van der Waals surface area contributed by atoms with Crippen molar-refractivity contribution in [2.75, 3.05) is 5.32 Å². The van der Waals surface area contributed by atoms with Crippen molar-refractivity contribution in [3.63, 3.8) is 0 Å². The quantitative estimate of drug-likeness (QED) is 0.747. The van der Waals surface area contributed by atoms with E-state index in [4.69, 9.17) is 0 Å². The Morgan fingerprint density at radius 2 is 1.86 bits per heavy atom. The third-order valence-corrected chi connectivity index (χ3v) is 4.60. The molecule has 0 spiro atoms. The summed E-state index contributed by atoms with van der Waals surface area (Å²) in [5.41, 5.74) is 3.70. The summed E-state index contributed by atoms with van der Waals surface area (Å²) >= 11 is 3.10. The Hall–Kier alpha value is -1.42. The molecule has 4 heteroatoms. The molecule has 0 heterocycles. The van der Waals surface area contributed by atoms with Crippen molar-refractivity contribution in [2.45, 2.75) is 32.2 Å². The van der Waals surface area contributed by atoms with E-state index in [1.165, 1.54) is 36.1 Å². The SMILES string of the molecule is Fc1ccc(Br)c(F)c1CNc1cccc2c1CCCC2. The molecule has 2 aromatic carbocycles. The van der Waals surface area contributed by atoms with Gasteiger partial charge in [-0.15, -0.1) is 0 Å². The number of aryl methyl sites for hydroxylation is 1. The summed E-state index contributed by atoms with van der Waals surface area (Å²) in [5.74, 6) is -1.06. The first kappa shape index (κ1) is 14.5. The van der Waals surface area contributed by atoms with Crippen LogP contribution in [0.4, 0.5) is 14.5 Å². The number of hydrogen-bond acceptors (Lipinski definition) is 1. The minimum atomic E-state index is -0.535. The zero-order valence-corrected chi connectivity index (χ0v) is 13.1. The highest BCUT2D eigenvalue weighted by Gasteiger charge is 2.15. The lowest BCUT2D eigenvalue weighted by molar-refractivity contribution is 0.555. The fourth-order valence-corrected chi connectivity index (χ4v) is 3.23. The highest BCUT2D eigenvalue weighted by molar-refractivity contribution is 9.10. The number of benzene rings is 2. The van der Waals surface area contributed by atoms with E-state index in [1.807, 2.05) is 12.1 Å². The van der Waals surface area contributed by atoms with Crippen molar-refractivity contribution >= 4 is 21.6 Å². The van der Waals surface area contributed by atoms with Crippen molar-refractivity contribution < 1.29 is 8.78 Å². The third-order valence-electron chi connectivity index (χ3n) is 3.99. The van der Waals surface area contributed by atoms with Gasteiger partial charge in [0.05, 0.1) is 4.47 Å². The van der Waals surface area contributed by atoms with Gasteiger partial charge in [-0.3, -0.25) is 0 Å². The Labute approximate surface area is 131 Å². The van der Waals surface area contributed by atoms with E-state index < -0.39 is 11.6 Å². The van der Waals surface area contributed by atoms with Crippen LogP contribution in [0.1, 0.15) is 29.5 Å². The molecule has 1 aliphatic carbocycles. The van der Waals surface area contributed by atoms with Gasteiger partial charge in [0.15, 0.2) is 0 Å². The molecule has 0 bridgehead atoms. The first-order chi connectivity index (χ1) is 10.2. The molecule has 2 aromatic rings. The van der Waals surface area contributed by atoms with Gasteiger partial charge in [-0.2, -0.15) is 0 Å². The van der Waals surface area contributed by atoms with Crippen LogP contribution in [0.25, 0.3) is 0 Å². The van der Waals surface area contributed by atoms with E-state index in [9.17, 15) is 8.78 Å². The second-order valence-corrected chi connectivity index (χ2v) is 6.18. The van der Waals surface area contributed by atoms with Crippen LogP contribution in [0.5, 0.6) is 0 Å². The molecule has 0 fully saturated rings. The molecule has 0 aliphatic heterocycles. The highest BCUT2D eigenvalue weighted by atomic mass is 79.9. The molecule has 0 amide bonds. The average Bonchev–Trinajstić information content (AvgIpc) is 2.51. The molecule has 3 rings (SSSR count). The second-order valence-electron chi connectivity index (χ2n) is 5.33. The van der Waals surface area contributed by atoms with Gasteiger partial charge >= 0.3 is 0 Å². The maximum atomic E-state index is 14.0. The van der Waals surface area contributed by atoms with Crippen LogP contribution in [0, 0.1) is 11.6 Å². The highest BCUT2D eigenvalue weighted by Crippen LogP contribution is 2.29. The molecule has 21 heavy (non-hydrogen) atoms. The van der Waals surface area contributed by atoms with Gasteiger partial charge in [0.1, 0.15) is 11.6 Å². The maximum Gasteiger partial charge on any atom is 0.145 e. The van der Waals surface area contributed by atoms with Crippen LogP contribution >= 0.6 is 15.9 Å². The van der Waals surface area contributed by atoms with Crippen molar-refractivity contribution in [1.82, 2.24) is 0 Å². The number of fused-ring (bicyclic) bond motifs is 1. The third kappa shape index (κ3) is 2.95. The van der Waals surface area contributed by atoms with Gasteiger partial charge in [-0.1, -0.05) is 12.1 Å². The molecular formula is C17H16BrF2N. The Kier molecular flexibility index (Phi) is 4.24. The molecule has 0 unspecified atom stereocenters. The lowest BCUT2D eigenvalue weighted by Gasteiger charge is -2.20. The first-order valence-electron chi connectivity index (χ1n) is 7.14. The zero-order chi connectivity index (χ0) is 14.8. The van der Waals surface area contributed by atoms with E-state index in [-0.39, 0.29) is 16.6 Å². The minimum Gasteiger partial charge on any atom is -0.381 e. The normalized spacial score (nSPS) is 13.9. The molecule has 1 nitrogen and oxygen atoms in total. The topological polar surface area (TPSA) is 12.0 Å². The molecular weight excluding hydrogens is 336 g/mol. The van der Waals surface area contributed by atoms with Crippen LogP contribution in [0.15, 0.2) is 34.8 Å². The van der Waals surface area contributed by atoms with Gasteiger partial charge in [0.25, 0.3) is 0 Å². The van der Waals surface area contributed by atoms with Gasteiger partial charge in [0, 0.05) is 17.8 Å². The van der Waals surface area contributed by atoms with Crippen LogP contribution in [-0.2, 0) is 19.4 Å². The summed E-state index contributed by atoms with van der Waals surface area (Å²) in [5, 5.41) is 3.20. The minimum absolute atomic E-state index is 0.0674. The van der Waals surface area contributed by atoms with Gasteiger partial charge in [0.2, 0.25) is 0 Å². The Balaban J connectivity index is 1.85. The summed E-state index contributed by atoms with van der Waals surface area (Å²) < 4.78 is 28.0. The average molecular weight is 352 g/mol. The largest absolute Gasteiger partial charge is 0.381 e. The summed E-state index contributed by atoms with van der Waals surface area (Å²) in [4.78, 5) is 0. The van der Waals surface area contributed by atoms with Crippen molar-refractivity contribution in [1.29, 1.82) is 0 Å². The fourth-order valence-electron chi connectivity index (χ4n) is 2.86. The predicted octanol–water partition coefficient (Wildman–Crippen LogP) is 5.22. The lowest BCUT2D eigenvalue weighted by Crippen LogP contribution is -2.10. The van der Waals surface area contributed by atoms with Crippen molar-refractivity contribution in [3.05, 3.63) is 63.1 Å². The maximum absolute atomic E-state index is 14.0. The summed E-state index contributed by atoms with van der Waals surface area (Å²) in [7, 11) is 0. The van der Waals surface area contributed by atoms with Gasteiger partial charge in [-0.25, -0.2) is 8.78 Å². The Morgan fingerprint density at radius 1 is 1.05 bits per heavy atom. The van der Waals surface area contributed by atoms with Crippen molar-refractivity contribution in [3.8, 4) is 0 Å². The van der Waals surface area contributed by atoms with Crippen LogP contribution in [0.3, 0.4) is 0 Å². The number of anilines is 1. The standard InChI is InChI=1S/C17H16BrF2N/c18-14-8-9-15(19)13(17(14)20)10-21-16-7-3-5-11-4-1-2-6-12(11)16/h3,5,7-9,21H,1-2,4,6,10H2. The Morgan fingerprint density at radius 3 is 2.71 bits per heavy atom. The van der Waals surface area contributed by atoms with Crippen LogP contribution < -0.4 is 5.32 Å². The molecule has 0 atom stereocenters. The Bertz CT molecular complexity index is 670. The molecule has 0 saturated heterocycles. The van der Waals surface area contributed by atoms with Gasteiger partial charge in [-0.05, 0) is 70.9 Å². The summed E-state index contributed by atoms with van der Waals surface area (Å²) in [6.45, 7) is 0.146. The monoisotopic (exact) mass is 351 g/mol. The van der Waals surface area contributed by atoms with Crippen molar-refractivity contribution in [2.24, 2.45) is 0 Å². The molecule has 110 valence electrons. The van der Waals surface area contributed by atoms with E-state index in [0.717, 1.165) is 18.5 Å². The zero-order valence-electron chi connectivity index (χ0n) is 11.6. The number of rotatable bonds is 3. The van der Waals surface area contributed by atoms with Crippen LogP contribution in [-0.4, -0.2) is 0 Å². The van der Waals surface area contributed by atoms with E-state index in [2.05, 4.69) is 27.3 Å². The lowest BCUT2D eigenvalue weighted by atomic mass is 9.90. The molecule has 0 aromatic heterocycles. The first-order valence-corrected chi connectivity index (χ1v) is 7.93. The smallest absolute Gasteiger partial charge is 0.145 e. The molecule has 0 radical (unpaired) electrons. The fraction of sp³-hybridized carbons (Fsp3) is 0.294. The molecule has 0 saturated carbocycles. The number of halogens is 3. The van der Waals surface area contributed by atoms with E-state index in [1.54, 1.807) is 0 Å². The number of nitrogens with one attached hydrogen (secondary N) is 1. The summed E-state index contributed by atoms with van der Waals surface area (Å²) in [6.07, 6.45) is 4.50. The molecule has 1 N–H and O–H groups in total.